The first-order valence-electron chi connectivity index (χ1n) is 8.41. The number of benzene rings is 2. The maximum Gasteiger partial charge on any atom is 0.322 e. The van der Waals surface area contributed by atoms with Crippen LogP contribution in [-0.4, -0.2) is 22.0 Å². The minimum Gasteiger partial charge on any atom is -0.350 e. The first-order chi connectivity index (χ1) is 12.0. The van der Waals surface area contributed by atoms with E-state index in [2.05, 4.69) is 41.3 Å². The van der Waals surface area contributed by atoms with Crippen molar-refractivity contribution in [3.63, 3.8) is 0 Å². The van der Waals surface area contributed by atoms with E-state index >= 15 is 0 Å². The lowest BCUT2D eigenvalue weighted by molar-refractivity contribution is 0.210. The molecule has 0 bridgehead atoms. The predicted molar refractivity (Wildman–Crippen MR) is 102 cm³/mol. The fourth-order valence-corrected chi connectivity index (χ4v) is 3.77. The van der Waals surface area contributed by atoms with Gasteiger partial charge in [-0.3, -0.25) is 0 Å². The minimum absolute atomic E-state index is 0.0862. The van der Waals surface area contributed by atoms with Gasteiger partial charge in [0, 0.05) is 47.9 Å². The Balaban J connectivity index is 1.62. The van der Waals surface area contributed by atoms with Gasteiger partial charge in [0.05, 0.1) is 0 Å². The van der Waals surface area contributed by atoms with E-state index in [0.29, 0.717) is 18.1 Å². The smallest absolute Gasteiger partial charge is 0.322 e. The molecule has 0 fully saturated rings. The fraction of sp³-hybridized carbons (Fsp3) is 0.250. The summed E-state index contributed by atoms with van der Waals surface area (Å²) in [5.74, 6) is 0. The molecule has 1 aliphatic rings. The minimum atomic E-state index is -0.0862. The summed E-state index contributed by atoms with van der Waals surface area (Å²) in [5.41, 5.74) is 5.38. The Kier molecular flexibility index (Phi) is 3.92. The number of carbonyl (C=O) groups excluding carboxylic acids is 1. The number of amides is 2. The largest absolute Gasteiger partial charge is 0.350 e. The van der Waals surface area contributed by atoms with Gasteiger partial charge in [0.1, 0.15) is 0 Å². The number of aromatic nitrogens is 1. The lowest BCUT2D eigenvalue weighted by Crippen LogP contribution is -2.35. The number of nitrogens with zero attached hydrogens (tertiary/aromatic N) is 2. The third kappa shape index (κ3) is 2.76. The topological polar surface area (TPSA) is 37.3 Å². The van der Waals surface area contributed by atoms with Crippen LogP contribution >= 0.6 is 11.6 Å². The second kappa shape index (κ2) is 6.12. The molecule has 25 heavy (non-hydrogen) atoms. The summed E-state index contributed by atoms with van der Waals surface area (Å²) in [4.78, 5) is 14.7. The molecular formula is C20H20ClN3O. The zero-order chi connectivity index (χ0) is 17.6. The first kappa shape index (κ1) is 16.0. The summed E-state index contributed by atoms with van der Waals surface area (Å²) >= 11 is 6.16. The van der Waals surface area contributed by atoms with Crippen LogP contribution in [0.15, 0.2) is 42.6 Å². The number of carbonyl (C=O) groups is 1. The molecule has 2 heterocycles. The lowest BCUT2D eigenvalue weighted by Gasteiger charge is -2.22. The molecule has 4 rings (SSSR count). The van der Waals surface area contributed by atoms with Gasteiger partial charge in [-0.1, -0.05) is 29.8 Å². The number of urea groups is 1. The number of aryl methyl sites for hydroxylation is 1. The van der Waals surface area contributed by atoms with Gasteiger partial charge in [-0.2, -0.15) is 0 Å². The van der Waals surface area contributed by atoms with Gasteiger partial charge in [-0.25, -0.2) is 4.79 Å². The van der Waals surface area contributed by atoms with Crippen LogP contribution in [0.25, 0.3) is 10.9 Å². The third-order valence-electron chi connectivity index (χ3n) is 4.99. The van der Waals surface area contributed by atoms with E-state index in [4.69, 9.17) is 11.6 Å². The van der Waals surface area contributed by atoms with Gasteiger partial charge < -0.3 is 14.8 Å². The monoisotopic (exact) mass is 353 g/mol. The van der Waals surface area contributed by atoms with Gasteiger partial charge in [0.2, 0.25) is 0 Å². The van der Waals surface area contributed by atoms with Gasteiger partial charge in [0.15, 0.2) is 0 Å². The Morgan fingerprint density at radius 2 is 1.96 bits per heavy atom. The molecule has 1 N–H and O–H groups in total. The summed E-state index contributed by atoms with van der Waals surface area (Å²) in [7, 11) is 2.07. The highest BCUT2D eigenvalue weighted by molar-refractivity contribution is 6.31. The van der Waals surface area contributed by atoms with Crippen LogP contribution in [0.2, 0.25) is 5.02 Å². The van der Waals surface area contributed by atoms with E-state index in [1.165, 1.54) is 22.0 Å². The number of halogens is 1. The second-order valence-electron chi connectivity index (χ2n) is 6.59. The van der Waals surface area contributed by atoms with Crippen LogP contribution < -0.4 is 5.32 Å². The number of nitrogens with one attached hydrogen (secondary N) is 1. The molecule has 2 amide bonds. The van der Waals surface area contributed by atoms with Crippen LogP contribution in [0, 0.1) is 6.92 Å². The standard InChI is InChI=1S/C20H20ClN3O/c1-13-16(21)6-4-7-17(13)22-20(25)24-10-9-15-11-23(2)18-8-3-5-14(12-24)19(15)18/h3-8,11H,9-10,12H2,1-2H3,(H,22,25). The molecule has 0 unspecified atom stereocenters. The van der Waals surface area contributed by atoms with Gasteiger partial charge in [-0.05, 0) is 48.2 Å². The Bertz CT molecular complexity index is 976. The van der Waals surface area contributed by atoms with Crippen molar-refractivity contribution < 1.29 is 4.79 Å². The van der Waals surface area contributed by atoms with Crippen LogP contribution in [0.4, 0.5) is 10.5 Å². The van der Waals surface area contributed by atoms with Crippen molar-refractivity contribution in [2.24, 2.45) is 7.05 Å². The predicted octanol–water partition coefficient (Wildman–Crippen LogP) is 4.73. The average Bonchev–Trinajstić information content (AvgIpc) is 2.80. The van der Waals surface area contributed by atoms with E-state index in [1.807, 2.05) is 30.0 Å². The van der Waals surface area contributed by atoms with Crippen molar-refractivity contribution in [1.29, 1.82) is 0 Å². The second-order valence-corrected chi connectivity index (χ2v) is 7.00. The van der Waals surface area contributed by atoms with Crippen molar-refractivity contribution in [2.75, 3.05) is 11.9 Å². The summed E-state index contributed by atoms with van der Waals surface area (Å²) in [6, 6.07) is 11.8. The Labute approximate surface area is 152 Å². The normalized spacial score (nSPS) is 13.8. The van der Waals surface area contributed by atoms with Crippen molar-refractivity contribution in [3.05, 3.63) is 64.3 Å². The number of anilines is 1. The van der Waals surface area contributed by atoms with E-state index in [9.17, 15) is 4.79 Å². The molecule has 1 aromatic heterocycles. The third-order valence-corrected chi connectivity index (χ3v) is 5.40. The van der Waals surface area contributed by atoms with Crippen molar-refractivity contribution in [2.45, 2.75) is 19.9 Å². The molecule has 5 heteroatoms. The molecular weight excluding hydrogens is 334 g/mol. The highest BCUT2D eigenvalue weighted by Gasteiger charge is 2.22. The Morgan fingerprint density at radius 3 is 2.80 bits per heavy atom. The molecule has 128 valence electrons. The Morgan fingerprint density at radius 1 is 1.16 bits per heavy atom. The molecule has 0 aliphatic carbocycles. The van der Waals surface area contributed by atoms with Crippen LogP contribution in [0.1, 0.15) is 16.7 Å². The summed E-state index contributed by atoms with van der Waals surface area (Å²) in [6.45, 7) is 3.22. The fourth-order valence-electron chi connectivity index (χ4n) is 3.59. The van der Waals surface area contributed by atoms with Crippen molar-refractivity contribution in [3.8, 4) is 0 Å². The molecule has 0 saturated heterocycles. The van der Waals surface area contributed by atoms with Crippen LogP contribution in [0.3, 0.4) is 0 Å². The quantitative estimate of drug-likeness (QED) is 0.674. The molecule has 3 aromatic rings. The molecule has 2 aromatic carbocycles. The molecule has 0 atom stereocenters. The van der Waals surface area contributed by atoms with E-state index in [1.54, 1.807) is 0 Å². The average molecular weight is 354 g/mol. The van der Waals surface area contributed by atoms with E-state index in [-0.39, 0.29) is 6.03 Å². The molecule has 0 radical (unpaired) electrons. The van der Waals surface area contributed by atoms with Gasteiger partial charge in [-0.15, -0.1) is 0 Å². The van der Waals surface area contributed by atoms with Crippen LogP contribution in [-0.2, 0) is 20.0 Å². The van der Waals surface area contributed by atoms with Gasteiger partial charge >= 0.3 is 6.03 Å². The SMILES string of the molecule is Cc1c(Cl)cccc1NC(=O)N1CCc2cn(C)c3cccc(c23)C1. The van der Waals surface area contributed by atoms with Crippen LogP contribution in [0.5, 0.6) is 0 Å². The van der Waals surface area contributed by atoms with Gasteiger partial charge in [0.25, 0.3) is 0 Å². The summed E-state index contributed by atoms with van der Waals surface area (Å²) in [5, 5.41) is 4.96. The zero-order valence-electron chi connectivity index (χ0n) is 14.3. The molecule has 1 aliphatic heterocycles. The first-order valence-corrected chi connectivity index (χ1v) is 8.79. The van der Waals surface area contributed by atoms with Crippen molar-refractivity contribution >= 4 is 34.2 Å². The van der Waals surface area contributed by atoms with E-state index in [0.717, 1.165) is 17.7 Å². The Hall–Kier alpha value is -2.46. The zero-order valence-corrected chi connectivity index (χ0v) is 15.1. The maximum atomic E-state index is 12.8. The van der Waals surface area contributed by atoms with E-state index < -0.39 is 0 Å². The summed E-state index contributed by atoms with van der Waals surface area (Å²) in [6.07, 6.45) is 3.03. The summed E-state index contributed by atoms with van der Waals surface area (Å²) < 4.78 is 2.17. The molecule has 0 saturated carbocycles. The highest BCUT2D eigenvalue weighted by Crippen LogP contribution is 2.29. The molecule has 4 nitrogen and oxygen atoms in total. The number of rotatable bonds is 1. The maximum absolute atomic E-state index is 12.8. The molecule has 0 spiro atoms. The lowest BCUT2D eigenvalue weighted by atomic mass is 10.1. The van der Waals surface area contributed by atoms with Crippen molar-refractivity contribution in [1.82, 2.24) is 9.47 Å². The number of hydrogen-bond donors (Lipinski definition) is 1. The number of hydrogen-bond acceptors (Lipinski definition) is 1. The highest BCUT2D eigenvalue weighted by atomic mass is 35.5.